The van der Waals surface area contributed by atoms with E-state index in [4.69, 9.17) is 9.47 Å². The first-order valence-corrected chi connectivity index (χ1v) is 12.3. The maximum atomic E-state index is 14.1. The van der Waals surface area contributed by atoms with Crippen molar-refractivity contribution in [1.29, 1.82) is 0 Å². The minimum atomic E-state index is -0.461. The van der Waals surface area contributed by atoms with Crippen molar-refractivity contribution in [2.45, 2.75) is 23.4 Å². The molecule has 1 aromatic heterocycles. The van der Waals surface area contributed by atoms with E-state index in [1.165, 1.54) is 32.0 Å². The van der Waals surface area contributed by atoms with Crippen molar-refractivity contribution < 1.29 is 18.7 Å². The van der Waals surface area contributed by atoms with Gasteiger partial charge < -0.3 is 19.4 Å². The quantitative estimate of drug-likeness (QED) is 0.306. The normalized spacial score (nSPS) is 11.7. The third-order valence-corrected chi connectivity index (χ3v) is 6.77. The number of benzene rings is 3. The SMILES string of the molecule is COc1cc(OC)cc(C(=O)N[C@@H](Cc2ccccc2)c2nnc(SCc3ccccc3F)n2C)c1. The van der Waals surface area contributed by atoms with Crippen LogP contribution in [0.3, 0.4) is 0 Å². The van der Waals surface area contributed by atoms with Gasteiger partial charge in [0.15, 0.2) is 11.0 Å². The molecule has 1 heterocycles. The van der Waals surface area contributed by atoms with Gasteiger partial charge in [0.05, 0.1) is 20.3 Å². The number of hydrogen-bond donors (Lipinski definition) is 1. The van der Waals surface area contributed by atoms with E-state index >= 15 is 0 Å². The van der Waals surface area contributed by atoms with Crippen LogP contribution >= 0.6 is 11.8 Å². The lowest BCUT2D eigenvalue weighted by Gasteiger charge is -2.19. The molecule has 186 valence electrons. The number of methoxy groups -OCH3 is 2. The molecular weight excluding hydrogens is 479 g/mol. The molecule has 1 atom stereocenters. The number of thioether (sulfide) groups is 1. The fraction of sp³-hybridized carbons (Fsp3) is 0.222. The van der Waals surface area contributed by atoms with Crippen molar-refractivity contribution in [1.82, 2.24) is 20.1 Å². The van der Waals surface area contributed by atoms with Crippen LogP contribution < -0.4 is 14.8 Å². The van der Waals surface area contributed by atoms with Crippen LogP contribution in [0.1, 0.15) is 33.4 Å². The molecule has 36 heavy (non-hydrogen) atoms. The Morgan fingerprint density at radius 1 is 1.00 bits per heavy atom. The second-order valence-corrected chi connectivity index (χ2v) is 9.04. The molecule has 0 aliphatic heterocycles. The van der Waals surface area contributed by atoms with Crippen molar-refractivity contribution in [2.24, 2.45) is 7.05 Å². The Labute approximate surface area is 213 Å². The summed E-state index contributed by atoms with van der Waals surface area (Å²) in [5.74, 6) is 1.50. The van der Waals surface area contributed by atoms with Crippen LogP contribution in [0.5, 0.6) is 11.5 Å². The van der Waals surface area contributed by atoms with Crippen molar-refractivity contribution in [3.63, 3.8) is 0 Å². The van der Waals surface area contributed by atoms with E-state index in [2.05, 4.69) is 15.5 Å². The highest BCUT2D eigenvalue weighted by Crippen LogP contribution is 2.27. The minimum Gasteiger partial charge on any atom is -0.497 e. The van der Waals surface area contributed by atoms with Gasteiger partial charge in [-0.3, -0.25) is 4.79 Å². The number of rotatable bonds is 10. The van der Waals surface area contributed by atoms with Gasteiger partial charge in [-0.15, -0.1) is 10.2 Å². The Morgan fingerprint density at radius 3 is 2.33 bits per heavy atom. The molecule has 0 aliphatic rings. The molecule has 1 amide bonds. The molecule has 0 radical (unpaired) electrons. The number of carbonyl (C=O) groups excluding carboxylic acids is 1. The van der Waals surface area contributed by atoms with Crippen LogP contribution in [0.4, 0.5) is 4.39 Å². The highest BCUT2D eigenvalue weighted by molar-refractivity contribution is 7.98. The van der Waals surface area contributed by atoms with Crippen LogP contribution in [-0.4, -0.2) is 34.9 Å². The molecule has 0 bridgehead atoms. The van der Waals surface area contributed by atoms with Crippen LogP contribution in [0.2, 0.25) is 0 Å². The van der Waals surface area contributed by atoms with E-state index in [1.54, 1.807) is 36.4 Å². The summed E-state index contributed by atoms with van der Waals surface area (Å²) >= 11 is 1.39. The summed E-state index contributed by atoms with van der Waals surface area (Å²) in [7, 11) is 4.92. The van der Waals surface area contributed by atoms with E-state index in [0.717, 1.165) is 5.56 Å². The van der Waals surface area contributed by atoms with Crippen LogP contribution in [0, 0.1) is 5.82 Å². The van der Waals surface area contributed by atoms with Crippen molar-refractivity contribution in [3.8, 4) is 11.5 Å². The highest BCUT2D eigenvalue weighted by Gasteiger charge is 2.24. The summed E-state index contributed by atoms with van der Waals surface area (Å²) < 4.78 is 26.5. The number of carbonyl (C=O) groups is 1. The predicted molar refractivity (Wildman–Crippen MR) is 137 cm³/mol. The van der Waals surface area contributed by atoms with Gasteiger partial charge in [0.2, 0.25) is 0 Å². The largest absolute Gasteiger partial charge is 0.497 e. The minimum absolute atomic E-state index is 0.254. The Morgan fingerprint density at radius 2 is 1.67 bits per heavy atom. The Kier molecular flexibility index (Phi) is 8.22. The first-order valence-electron chi connectivity index (χ1n) is 11.3. The van der Waals surface area contributed by atoms with Gasteiger partial charge in [-0.05, 0) is 35.7 Å². The third kappa shape index (κ3) is 6.04. The molecule has 0 unspecified atom stereocenters. The van der Waals surface area contributed by atoms with Gasteiger partial charge in [0.25, 0.3) is 5.91 Å². The van der Waals surface area contributed by atoms with Crippen molar-refractivity contribution >= 4 is 17.7 Å². The van der Waals surface area contributed by atoms with E-state index in [1.807, 2.05) is 41.9 Å². The smallest absolute Gasteiger partial charge is 0.252 e. The van der Waals surface area contributed by atoms with Gasteiger partial charge >= 0.3 is 0 Å². The van der Waals surface area contributed by atoms with Crippen LogP contribution in [0.15, 0.2) is 78.0 Å². The zero-order chi connectivity index (χ0) is 25.5. The first-order chi connectivity index (χ1) is 17.5. The highest BCUT2D eigenvalue weighted by atomic mass is 32.2. The molecule has 0 fully saturated rings. The second-order valence-electron chi connectivity index (χ2n) is 8.10. The number of halogens is 1. The van der Waals surface area contributed by atoms with Gasteiger partial charge in [-0.25, -0.2) is 4.39 Å². The summed E-state index contributed by atoms with van der Waals surface area (Å²) in [5.41, 5.74) is 2.03. The molecule has 3 aromatic carbocycles. The zero-order valence-corrected chi connectivity index (χ0v) is 21.1. The van der Waals surface area contributed by atoms with Gasteiger partial charge in [-0.1, -0.05) is 60.3 Å². The fourth-order valence-electron chi connectivity index (χ4n) is 3.75. The standard InChI is InChI=1S/C27H27FN4O3S/c1-32-25(30-31-27(32)36-17-19-11-7-8-12-23(19)28)24(13-18-9-5-4-6-10-18)29-26(33)20-14-21(34-2)16-22(15-20)35-3/h4-12,14-16,24H,13,17H2,1-3H3,(H,29,33)/t24-/m0/s1. The number of hydrogen-bond acceptors (Lipinski definition) is 6. The van der Waals surface area contributed by atoms with Gasteiger partial charge in [0.1, 0.15) is 17.3 Å². The van der Waals surface area contributed by atoms with E-state index in [0.29, 0.717) is 45.8 Å². The summed E-state index contributed by atoms with van der Waals surface area (Å²) in [6, 6.07) is 21.1. The van der Waals surface area contributed by atoms with Crippen molar-refractivity contribution in [2.75, 3.05) is 14.2 Å². The molecule has 4 rings (SSSR count). The molecule has 9 heteroatoms. The summed E-state index contributed by atoms with van der Waals surface area (Å²) in [4.78, 5) is 13.3. The Bertz CT molecular complexity index is 1310. The lowest BCUT2D eigenvalue weighted by atomic mass is 10.0. The number of ether oxygens (including phenoxy) is 2. The molecule has 1 N–H and O–H groups in total. The predicted octanol–water partition coefficient (Wildman–Crippen LogP) is 4.98. The van der Waals surface area contributed by atoms with Crippen molar-refractivity contribution in [3.05, 3.63) is 101 Å². The zero-order valence-electron chi connectivity index (χ0n) is 20.3. The van der Waals surface area contributed by atoms with Gasteiger partial charge in [-0.2, -0.15) is 0 Å². The molecule has 0 aliphatic carbocycles. The Hall–Kier alpha value is -3.85. The van der Waals surface area contributed by atoms with Gasteiger partial charge in [0, 0.05) is 24.4 Å². The lowest BCUT2D eigenvalue weighted by molar-refractivity contribution is 0.0933. The average Bonchev–Trinajstić information content (AvgIpc) is 3.27. The number of aromatic nitrogens is 3. The Balaban J connectivity index is 1.59. The topological polar surface area (TPSA) is 78.3 Å². The maximum Gasteiger partial charge on any atom is 0.252 e. The van der Waals surface area contributed by atoms with E-state index in [-0.39, 0.29) is 11.7 Å². The average molecular weight is 507 g/mol. The van der Waals surface area contributed by atoms with E-state index < -0.39 is 6.04 Å². The lowest BCUT2D eigenvalue weighted by Crippen LogP contribution is -2.32. The summed E-state index contributed by atoms with van der Waals surface area (Å²) in [6.07, 6.45) is 0.512. The fourth-order valence-corrected chi connectivity index (χ4v) is 4.65. The van der Waals surface area contributed by atoms with Crippen LogP contribution in [0.25, 0.3) is 0 Å². The monoisotopic (exact) mass is 506 g/mol. The molecule has 0 saturated carbocycles. The number of amides is 1. The number of nitrogens with zero attached hydrogens (tertiary/aromatic N) is 3. The third-order valence-electron chi connectivity index (χ3n) is 5.70. The second kappa shape index (κ2) is 11.7. The molecule has 0 saturated heterocycles. The first kappa shape index (κ1) is 25.2. The number of nitrogens with one attached hydrogen (secondary N) is 1. The summed E-state index contributed by atoms with van der Waals surface area (Å²) in [5, 5.41) is 12.4. The van der Waals surface area contributed by atoms with Crippen LogP contribution in [-0.2, 0) is 19.2 Å². The molecular formula is C27H27FN4O3S. The maximum absolute atomic E-state index is 14.1. The van der Waals surface area contributed by atoms with E-state index in [9.17, 15) is 9.18 Å². The molecule has 0 spiro atoms. The molecule has 7 nitrogen and oxygen atoms in total. The molecule has 4 aromatic rings. The summed E-state index contributed by atoms with van der Waals surface area (Å²) in [6.45, 7) is 0.